The van der Waals surface area contributed by atoms with Crippen LogP contribution in [0.4, 0.5) is 5.69 Å². The van der Waals surface area contributed by atoms with E-state index in [4.69, 9.17) is 0 Å². The van der Waals surface area contributed by atoms with E-state index in [1.807, 2.05) is 31.3 Å². The van der Waals surface area contributed by atoms with Crippen LogP contribution in [0, 0.1) is 3.57 Å². The molecule has 1 amide bonds. The summed E-state index contributed by atoms with van der Waals surface area (Å²) in [6, 6.07) is 7.66. The molecule has 7 heteroatoms. The maximum atomic E-state index is 11.8. The van der Waals surface area contributed by atoms with Crippen LogP contribution in [0.25, 0.3) is 0 Å². The summed E-state index contributed by atoms with van der Waals surface area (Å²) >= 11 is 3.55. The van der Waals surface area contributed by atoms with Crippen molar-refractivity contribution in [3.05, 3.63) is 34.2 Å². The van der Waals surface area contributed by atoms with Crippen LogP contribution in [0.2, 0.25) is 0 Å². The number of aromatic nitrogens is 3. The Bertz CT molecular complexity index is 557. The van der Waals surface area contributed by atoms with Crippen LogP contribution in [-0.4, -0.2) is 26.4 Å². The minimum Gasteiger partial charge on any atom is -0.324 e. The molecule has 0 aliphatic carbocycles. The van der Waals surface area contributed by atoms with Gasteiger partial charge in [-0.1, -0.05) is 23.9 Å². The topological polar surface area (TPSA) is 59.8 Å². The first-order chi connectivity index (χ1) is 8.66. The zero-order valence-corrected chi connectivity index (χ0v) is 12.6. The van der Waals surface area contributed by atoms with Gasteiger partial charge in [-0.05, 0) is 34.7 Å². The minimum atomic E-state index is -0.0490. The van der Waals surface area contributed by atoms with Crippen LogP contribution in [-0.2, 0) is 11.8 Å². The molecule has 18 heavy (non-hydrogen) atoms. The summed E-state index contributed by atoms with van der Waals surface area (Å²) in [6.45, 7) is 0. The lowest BCUT2D eigenvalue weighted by Gasteiger charge is -2.06. The van der Waals surface area contributed by atoms with Gasteiger partial charge in [-0.25, -0.2) is 0 Å². The molecule has 1 aromatic carbocycles. The smallest absolute Gasteiger partial charge is 0.234 e. The molecule has 0 spiro atoms. The first-order valence-corrected chi connectivity index (χ1v) is 7.24. The fourth-order valence-corrected chi connectivity index (χ4v) is 2.49. The van der Waals surface area contributed by atoms with Gasteiger partial charge in [0.2, 0.25) is 5.91 Å². The summed E-state index contributed by atoms with van der Waals surface area (Å²) in [4.78, 5) is 11.8. The number of halogens is 1. The number of hydrogen-bond donors (Lipinski definition) is 1. The molecule has 0 unspecified atom stereocenters. The van der Waals surface area contributed by atoms with Gasteiger partial charge < -0.3 is 9.88 Å². The van der Waals surface area contributed by atoms with Crippen molar-refractivity contribution in [2.45, 2.75) is 5.16 Å². The first kappa shape index (κ1) is 13.3. The molecular formula is C11H11IN4OS. The van der Waals surface area contributed by atoms with E-state index < -0.39 is 0 Å². The van der Waals surface area contributed by atoms with Gasteiger partial charge in [0.15, 0.2) is 5.16 Å². The molecule has 1 heterocycles. The number of rotatable bonds is 4. The number of para-hydroxylation sites is 1. The second-order valence-corrected chi connectivity index (χ2v) is 5.65. The number of hydrogen-bond acceptors (Lipinski definition) is 4. The molecule has 0 aliphatic rings. The summed E-state index contributed by atoms with van der Waals surface area (Å²) in [5.41, 5.74) is 0.835. The molecule has 1 N–H and O–H groups in total. The summed E-state index contributed by atoms with van der Waals surface area (Å²) in [6.07, 6.45) is 1.61. The van der Waals surface area contributed by atoms with Crippen molar-refractivity contribution in [1.82, 2.24) is 14.8 Å². The average Bonchev–Trinajstić information content (AvgIpc) is 2.75. The molecule has 0 saturated carbocycles. The van der Waals surface area contributed by atoms with Crippen molar-refractivity contribution >= 4 is 45.9 Å². The highest BCUT2D eigenvalue weighted by atomic mass is 127. The van der Waals surface area contributed by atoms with Gasteiger partial charge in [0.05, 0.1) is 11.4 Å². The number of carbonyl (C=O) groups is 1. The first-order valence-electron chi connectivity index (χ1n) is 5.18. The average molecular weight is 374 g/mol. The van der Waals surface area contributed by atoms with Crippen molar-refractivity contribution in [3.8, 4) is 0 Å². The second-order valence-electron chi connectivity index (χ2n) is 3.54. The van der Waals surface area contributed by atoms with E-state index in [1.54, 1.807) is 10.9 Å². The summed E-state index contributed by atoms with van der Waals surface area (Å²) in [5, 5.41) is 11.3. The Morgan fingerprint density at radius 2 is 2.28 bits per heavy atom. The highest BCUT2D eigenvalue weighted by molar-refractivity contribution is 14.1. The van der Waals surface area contributed by atoms with Crippen LogP contribution in [0.15, 0.2) is 35.7 Å². The molecule has 2 aromatic rings. The molecule has 5 nitrogen and oxygen atoms in total. The predicted octanol–water partition coefficient (Wildman–Crippen LogP) is 2.15. The van der Waals surface area contributed by atoms with Gasteiger partial charge in [-0.2, -0.15) is 0 Å². The zero-order chi connectivity index (χ0) is 13.0. The van der Waals surface area contributed by atoms with Crippen molar-refractivity contribution < 1.29 is 4.79 Å². The molecule has 0 bridgehead atoms. The lowest BCUT2D eigenvalue weighted by Crippen LogP contribution is -2.15. The highest BCUT2D eigenvalue weighted by Gasteiger charge is 2.08. The van der Waals surface area contributed by atoms with E-state index >= 15 is 0 Å². The van der Waals surface area contributed by atoms with Crippen molar-refractivity contribution in [3.63, 3.8) is 0 Å². The summed E-state index contributed by atoms with van der Waals surface area (Å²) in [7, 11) is 1.85. The van der Waals surface area contributed by atoms with E-state index in [9.17, 15) is 4.79 Å². The summed E-state index contributed by atoms with van der Waals surface area (Å²) < 4.78 is 2.80. The molecule has 94 valence electrons. The van der Waals surface area contributed by atoms with Crippen LogP contribution in [0.1, 0.15) is 0 Å². The normalized spacial score (nSPS) is 10.3. The van der Waals surface area contributed by atoms with E-state index in [0.717, 1.165) is 14.4 Å². The number of aryl methyl sites for hydroxylation is 1. The molecule has 0 radical (unpaired) electrons. The lowest BCUT2D eigenvalue weighted by molar-refractivity contribution is -0.113. The Labute approximate surface area is 123 Å². The van der Waals surface area contributed by atoms with Gasteiger partial charge in [0, 0.05) is 10.6 Å². The Kier molecular flexibility index (Phi) is 4.59. The third kappa shape index (κ3) is 3.45. The lowest BCUT2D eigenvalue weighted by atomic mass is 10.3. The van der Waals surface area contributed by atoms with Gasteiger partial charge in [0.25, 0.3) is 0 Å². The third-order valence-electron chi connectivity index (χ3n) is 2.15. The number of anilines is 1. The van der Waals surface area contributed by atoms with Gasteiger partial charge in [-0.15, -0.1) is 10.2 Å². The standard InChI is InChI=1S/C11H11IN4OS/c1-16-7-13-15-11(16)18-6-10(17)14-9-5-3-2-4-8(9)12/h2-5,7H,6H2,1H3,(H,14,17). The molecule has 0 atom stereocenters. The Balaban J connectivity index is 1.90. The zero-order valence-electron chi connectivity index (χ0n) is 9.63. The fraction of sp³-hybridized carbons (Fsp3) is 0.182. The number of nitrogens with zero attached hydrogens (tertiary/aromatic N) is 3. The van der Waals surface area contributed by atoms with E-state index in [2.05, 4.69) is 38.1 Å². The second kappa shape index (κ2) is 6.19. The van der Waals surface area contributed by atoms with Crippen molar-refractivity contribution in [1.29, 1.82) is 0 Å². The van der Waals surface area contributed by atoms with E-state index in [1.165, 1.54) is 11.8 Å². The molecule has 2 rings (SSSR count). The van der Waals surface area contributed by atoms with Crippen LogP contribution < -0.4 is 5.32 Å². The van der Waals surface area contributed by atoms with Crippen molar-refractivity contribution in [2.75, 3.05) is 11.1 Å². The third-order valence-corrected chi connectivity index (χ3v) is 4.13. The molecule has 0 aliphatic heterocycles. The molecule has 0 saturated heterocycles. The number of amides is 1. The molecule has 1 aromatic heterocycles. The number of carbonyl (C=O) groups excluding carboxylic acids is 1. The van der Waals surface area contributed by atoms with Crippen LogP contribution in [0.5, 0.6) is 0 Å². The quantitative estimate of drug-likeness (QED) is 0.658. The van der Waals surface area contributed by atoms with E-state index in [0.29, 0.717) is 5.75 Å². The Morgan fingerprint density at radius 3 is 2.94 bits per heavy atom. The number of benzene rings is 1. The van der Waals surface area contributed by atoms with E-state index in [-0.39, 0.29) is 5.91 Å². The number of thioether (sulfide) groups is 1. The Hall–Kier alpha value is -1.09. The maximum absolute atomic E-state index is 11.8. The summed E-state index contributed by atoms with van der Waals surface area (Å²) in [5.74, 6) is 0.268. The van der Waals surface area contributed by atoms with Gasteiger partial charge in [-0.3, -0.25) is 4.79 Å². The van der Waals surface area contributed by atoms with Crippen LogP contribution >= 0.6 is 34.4 Å². The Morgan fingerprint density at radius 1 is 1.50 bits per heavy atom. The minimum absolute atomic E-state index is 0.0490. The highest BCUT2D eigenvalue weighted by Crippen LogP contribution is 2.18. The largest absolute Gasteiger partial charge is 0.324 e. The number of nitrogens with one attached hydrogen (secondary N) is 1. The SMILES string of the molecule is Cn1cnnc1SCC(=O)Nc1ccccc1I. The monoisotopic (exact) mass is 374 g/mol. The van der Waals surface area contributed by atoms with Gasteiger partial charge >= 0.3 is 0 Å². The van der Waals surface area contributed by atoms with Crippen LogP contribution in [0.3, 0.4) is 0 Å². The maximum Gasteiger partial charge on any atom is 0.234 e. The predicted molar refractivity (Wildman–Crippen MR) is 79.5 cm³/mol. The van der Waals surface area contributed by atoms with Crippen molar-refractivity contribution in [2.24, 2.45) is 7.05 Å². The molecule has 0 fully saturated rings. The fourth-order valence-electron chi connectivity index (χ4n) is 1.28. The molecular weight excluding hydrogens is 363 g/mol. The van der Waals surface area contributed by atoms with Gasteiger partial charge in [0.1, 0.15) is 6.33 Å².